The van der Waals surface area contributed by atoms with Crippen molar-refractivity contribution in [2.75, 3.05) is 7.05 Å². The van der Waals surface area contributed by atoms with Gasteiger partial charge in [-0.05, 0) is 50.4 Å². The third-order valence-electron chi connectivity index (χ3n) is 2.67. The van der Waals surface area contributed by atoms with Crippen molar-refractivity contribution in [2.24, 2.45) is 0 Å². The summed E-state index contributed by atoms with van der Waals surface area (Å²) in [6, 6.07) is 6.54. The monoisotopic (exact) mass is 326 g/mol. The summed E-state index contributed by atoms with van der Waals surface area (Å²) in [5, 5.41) is 3.93. The Balaban J connectivity index is 2.33. The molecule has 0 bridgehead atoms. The van der Waals surface area contributed by atoms with Crippen LogP contribution in [0.15, 0.2) is 43.5 Å². The van der Waals surface area contributed by atoms with Crippen LogP contribution in [0, 0.1) is 6.92 Å². The SMILES string of the molecule is CNC(C)c1ccc(Br)cc1Sc1nc(C)co1. The molecule has 1 unspecified atom stereocenters. The lowest BCUT2D eigenvalue weighted by molar-refractivity contribution is 0.454. The normalized spacial score (nSPS) is 12.7. The minimum atomic E-state index is 0.289. The van der Waals surface area contributed by atoms with E-state index in [4.69, 9.17) is 4.42 Å². The summed E-state index contributed by atoms with van der Waals surface area (Å²) >= 11 is 5.05. The number of nitrogens with one attached hydrogen (secondary N) is 1. The van der Waals surface area contributed by atoms with Crippen molar-refractivity contribution in [1.82, 2.24) is 10.3 Å². The summed E-state index contributed by atoms with van der Waals surface area (Å²) in [6.07, 6.45) is 1.67. The molecule has 0 aliphatic carbocycles. The lowest BCUT2D eigenvalue weighted by Crippen LogP contribution is -2.13. The Morgan fingerprint density at radius 1 is 1.44 bits per heavy atom. The Morgan fingerprint density at radius 3 is 2.83 bits per heavy atom. The fourth-order valence-corrected chi connectivity index (χ4v) is 3.12. The smallest absolute Gasteiger partial charge is 0.260 e. The van der Waals surface area contributed by atoms with Gasteiger partial charge < -0.3 is 9.73 Å². The Kier molecular flexibility index (Phi) is 4.48. The van der Waals surface area contributed by atoms with Gasteiger partial charge in [0.15, 0.2) is 0 Å². The molecule has 0 radical (unpaired) electrons. The quantitative estimate of drug-likeness (QED) is 0.914. The Labute approximate surface area is 120 Å². The second-order valence-electron chi connectivity index (χ2n) is 4.05. The molecule has 0 aliphatic rings. The standard InChI is InChI=1S/C13H15BrN2OS/c1-8-7-17-13(16-8)18-12-6-10(14)4-5-11(12)9(2)15-3/h4-7,9,15H,1-3H3. The Bertz CT molecular complexity index is 542. The minimum Gasteiger partial charge on any atom is -0.439 e. The van der Waals surface area contributed by atoms with E-state index in [9.17, 15) is 0 Å². The van der Waals surface area contributed by atoms with Crippen molar-refractivity contribution in [3.63, 3.8) is 0 Å². The largest absolute Gasteiger partial charge is 0.439 e. The molecule has 0 fully saturated rings. The lowest BCUT2D eigenvalue weighted by atomic mass is 10.1. The highest BCUT2D eigenvalue weighted by molar-refractivity contribution is 9.10. The van der Waals surface area contributed by atoms with E-state index < -0.39 is 0 Å². The van der Waals surface area contributed by atoms with Crippen molar-refractivity contribution in [3.05, 3.63) is 40.2 Å². The number of aryl methyl sites for hydroxylation is 1. The molecule has 3 nitrogen and oxygen atoms in total. The summed E-state index contributed by atoms with van der Waals surface area (Å²) in [4.78, 5) is 5.47. The topological polar surface area (TPSA) is 38.1 Å². The number of rotatable bonds is 4. The van der Waals surface area contributed by atoms with Crippen LogP contribution in [-0.2, 0) is 0 Å². The first-order chi connectivity index (χ1) is 8.60. The zero-order valence-electron chi connectivity index (χ0n) is 10.5. The van der Waals surface area contributed by atoms with E-state index in [0.29, 0.717) is 5.22 Å². The zero-order valence-corrected chi connectivity index (χ0v) is 12.9. The average molecular weight is 327 g/mol. The molecular weight excluding hydrogens is 312 g/mol. The van der Waals surface area contributed by atoms with Crippen molar-refractivity contribution in [1.29, 1.82) is 0 Å². The van der Waals surface area contributed by atoms with Crippen LogP contribution in [0.1, 0.15) is 24.2 Å². The van der Waals surface area contributed by atoms with Crippen LogP contribution in [0.5, 0.6) is 0 Å². The highest BCUT2D eigenvalue weighted by atomic mass is 79.9. The molecule has 96 valence electrons. The molecule has 2 rings (SSSR count). The number of hydrogen-bond donors (Lipinski definition) is 1. The number of oxazole rings is 1. The molecular formula is C13H15BrN2OS. The van der Waals surface area contributed by atoms with E-state index in [1.807, 2.05) is 20.0 Å². The predicted octanol–water partition coefficient (Wildman–Crippen LogP) is 4.18. The molecule has 1 aromatic heterocycles. The maximum Gasteiger partial charge on any atom is 0.260 e. The second-order valence-corrected chi connectivity index (χ2v) is 5.96. The third kappa shape index (κ3) is 3.16. The van der Waals surface area contributed by atoms with E-state index in [1.54, 1.807) is 18.0 Å². The van der Waals surface area contributed by atoms with Gasteiger partial charge in [-0.3, -0.25) is 0 Å². The van der Waals surface area contributed by atoms with Gasteiger partial charge in [0.05, 0.1) is 5.69 Å². The fourth-order valence-electron chi connectivity index (χ4n) is 1.58. The maximum atomic E-state index is 5.39. The summed E-state index contributed by atoms with van der Waals surface area (Å²) in [5.74, 6) is 0. The van der Waals surface area contributed by atoms with Crippen LogP contribution in [0.2, 0.25) is 0 Å². The second kappa shape index (κ2) is 5.91. The van der Waals surface area contributed by atoms with Crippen LogP contribution >= 0.6 is 27.7 Å². The number of aromatic nitrogens is 1. The maximum absolute atomic E-state index is 5.39. The van der Waals surface area contributed by atoms with Crippen molar-refractivity contribution in [3.8, 4) is 0 Å². The minimum absolute atomic E-state index is 0.289. The molecule has 2 aromatic rings. The van der Waals surface area contributed by atoms with Gasteiger partial charge in [-0.2, -0.15) is 0 Å². The van der Waals surface area contributed by atoms with Crippen LogP contribution in [0.4, 0.5) is 0 Å². The van der Waals surface area contributed by atoms with Crippen molar-refractivity contribution in [2.45, 2.75) is 30.0 Å². The first-order valence-electron chi connectivity index (χ1n) is 5.67. The van der Waals surface area contributed by atoms with Gasteiger partial charge in [-0.1, -0.05) is 22.0 Å². The van der Waals surface area contributed by atoms with Crippen LogP contribution in [-0.4, -0.2) is 12.0 Å². The van der Waals surface area contributed by atoms with Crippen LogP contribution in [0.3, 0.4) is 0 Å². The molecule has 0 aliphatic heterocycles. The first kappa shape index (κ1) is 13.6. The van der Waals surface area contributed by atoms with E-state index in [0.717, 1.165) is 15.1 Å². The van der Waals surface area contributed by atoms with Gasteiger partial charge in [-0.15, -0.1) is 0 Å². The first-order valence-corrected chi connectivity index (χ1v) is 7.28. The zero-order chi connectivity index (χ0) is 13.1. The molecule has 0 spiro atoms. The summed E-state index contributed by atoms with van der Waals surface area (Å²) in [6.45, 7) is 4.06. The van der Waals surface area contributed by atoms with E-state index in [2.05, 4.69) is 45.3 Å². The van der Waals surface area contributed by atoms with Crippen molar-refractivity contribution >= 4 is 27.7 Å². The average Bonchev–Trinajstić information content (AvgIpc) is 2.74. The van der Waals surface area contributed by atoms with E-state index in [-0.39, 0.29) is 6.04 Å². The molecule has 18 heavy (non-hydrogen) atoms. The van der Waals surface area contributed by atoms with Crippen LogP contribution in [0.25, 0.3) is 0 Å². The number of nitrogens with zero attached hydrogens (tertiary/aromatic N) is 1. The lowest BCUT2D eigenvalue weighted by Gasteiger charge is -2.14. The predicted molar refractivity (Wildman–Crippen MR) is 77.0 cm³/mol. The summed E-state index contributed by atoms with van der Waals surface area (Å²) in [7, 11) is 1.95. The number of halogens is 1. The molecule has 0 saturated heterocycles. The molecule has 1 aromatic carbocycles. The number of hydrogen-bond acceptors (Lipinski definition) is 4. The van der Waals surface area contributed by atoms with Gasteiger partial charge in [0.2, 0.25) is 0 Å². The van der Waals surface area contributed by atoms with Crippen LogP contribution < -0.4 is 5.32 Å². The van der Waals surface area contributed by atoms with E-state index >= 15 is 0 Å². The van der Waals surface area contributed by atoms with Gasteiger partial charge in [0.25, 0.3) is 5.22 Å². The highest BCUT2D eigenvalue weighted by Gasteiger charge is 2.13. The molecule has 1 heterocycles. The van der Waals surface area contributed by atoms with Crippen molar-refractivity contribution < 1.29 is 4.42 Å². The van der Waals surface area contributed by atoms with Gasteiger partial charge >= 0.3 is 0 Å². The van der Waals surface area contributed by atoms with Gasteiger partial charge in [0.1, 0.15) is 6.26 Å². The highest BCUT2D eigenvalue weighted by Crippen LogP contribution is 2.34. The Hall–Kier alpha value is -0.780. The summed E-state index contributed by atoms with van der Waals surface area (Å²) < 4.78 is 6.45. The molecule has 0 amide bonds. The molecule has 1 atom stereocenters. The number of benzene rings is 1. The Morgan fingerprint density at radius 2 is 2.22 bits per heavy atom. The molecule has 1 N–H and O–H groups in total. The third-order valence-corrected chi connectivity index (χ3v) is 4.10. The van der Waals surface area contributed by atoms with Gasteiger partial charge in [-0.25, -0.2) is 4.98 Å². The fraction of sp³-hybridized carbons (Fsp3) is 0.308. The van der Waals surface area contributed by atoms with E-state index in [1.165, 1.54) is 5.56 Å². The summed E-state index contributed by atoms with van der Waals surface area (Å²) in [5.41, 5.74) is 2.14. The molecule has 5 heteroatoms. The molecule has 0 saturated carbocycles. The van der Waals surface area contributed by atoms with Gasteiger partial charge in [0, 0.05) is 15.4 Å².